The average Bonchev–Trinajstić information content (AvgIpc) is 2.46. The highest BCUT2D eigenvalue weighted by atomic mass is 127. The fourth-order valence-electron chi connectivity index (χ4n) is 2.22. The third-order valence-electron chi connectivity index (χ3n) is 3.24. The van der Waals surface area contributed by atoms with E-state index in [1.807, 2.05) is 31.3 Å². The van der Waals surface area contributed by atoms with Crippen LogP contribution in [0.2, 0.25) is 0 Å². The third-order valence-corrected chi connectivity index (χ3v) is 4.04. The Morgan fingerprint density at radius 3 is 2.59 bits per heavy atom. The molecule has 0 bridgehead atoms. The molecule has 0 amide bonds. The molecule has 0 aromatic heterocycles. The molecule has 0 N–H and O–H groups in total. The molecule has 0 heterocycles. The van der Waals surface area contributed by atoms with Crippen molar-refractivity contribution in [3.8, 4) is 11.5 Å². The lowest BCUT2D eigenvalue weighted by atomic mass is 10.1. The van der Waals surface area contributed by atoms with E-state index in [-0.39, 0.29) is 0 Å². The Labute approximate surface area is 145 Å². The van der Waals surface area contributed by atoms with Gasteiger partial charge in [0.25, 0.3) is 0 Å². The Kier molecular flexibility index (Phi) is 5.83. The van der Waals surface area contributed by atoms with Crippen molar-refractivity contribution >= 4 is 34.5 Å². The fraction of sp³-hybridized carbons (Fsp3) is 0.278. The summed E-state index contributed by atoms with van der Waals surface area (Å²) in [5.74, 6) is 1.52. The zero-order chi connectivity index (χ0) is 16.1. The monoisotopic (exact) mass is 409 g/mol. The van der Waals surface area contributed by atoms with Gasteiger partial charge in [-0.3, -0.25) is 4.99 Å². The van der Waals surface area contributed by atoms with Crippen LogP contribution >= 0.6 is 22.6 Å². The van der Waals surface area contributed by atoms with Crippen LogP contribution in [-0.2, 0) is 0 Å². The Bertz CT molecular complexity index is 696. The molecule has 0 aliphatic heterocycles. The second-order valence-corrected chi connectivity index (χ2v) is 6.18. The van der Waals surface area contributed by atoms with E-state index in [4.69, 9.17) is 9.47 Å². The zero-order valence-corrected chi connectivity index (χ0v) is 15.5. The summed E-state index contributed by atoms with van der Waals surface area (Å²) in [7, 11) is 1.66. The van der Waals surface area contributed by atoms with E-state index in [0.717, 1.165) is 26.3 Å². The first kappa shape index (κ1) is 16.8. The SMILES string of the molecule is CCOc1cc(C=Nc2ccc(C)cc2C)cc(I)c1OC. The fourth-order valence-corrected chi connectivity index (χ4v) is 3.06. The average molecular weight is 409 g/mol. The van der Waals surface area contributed by atoms with Gasteiger partial charge in [-0.2, -0.15) is 0 Å². The van der Waals surface area contributed by atoms with Gasteiger partial charge in [-0.25, -0.2) is 0 Å². The van der Waals surface area contributed by atoms with Crippen molar-refractivity contribution in [2.24, 2.45) is 4.99 Å². The molecule has 0 aliphatic rings. The molecule has 3 nitrogen and oxygen atoms in total. The van der Waals surface area contributed by atoms with Crippen LogP contribution in [0.15, 0.2) is 35.3 Å². The molecule has 0 unspecified atom stereocenters. The molecule has 2 aromatic rings. The molecule has 4 heteroatoms. The highest BCUT2D eigenvalue weighted by molar-refractivity contribution is 14.1. The van der Waals surface area contributed by atoms with Gasteiger partial charge in [-0.1, -0.05) is 17.7 Å². The number of aryl methyl sites for hydroxylation is 2. The molecule has 0 atom stereocenters. The van der Waals surface area contributed by atoms with E-state index in [0.29, 0.717) is 6.61 Å². The maximum atomic E-state index is 5.65. The largest absolute Gasteiger partial charge is 0.492 e. The van der Waals surface area contributed by atoms with Crippen molar-refractivity contribution in [1.82, 2.24) is 0 Å². The smallest absolute Gasteiger partial charge is 0.174 e. The summed E-state index contributed by atoms with van der Waals surface area (Å²) in [5, 5.41) is 0. The number of methoxy groups -OCH3 is 1. The summed E-state index contributed by atoms with van der Waals surface area (Å²) in [5.41, 5.74) is 4.39. The molecule has 2 rings (SSSR count). The van der Waals surface area contributed by atoms with Crippen LogP contribution in [0.4, 0.5) is 5.69 Å². The lowest BCUT2D eigenvalue weighted by Gasteiger charge is -2.12. The second kappa shape index (κ2) is 7.63. The molecular weight excluding hydrogens is 389 g/mol. The molecule has 0 spiro atoms. The summed E-state index contributed by atoms with van der Waals surface area (Å²) in [4.78, 5) is 4.59. The predicted molar refractivity (Wildman–Crippen MR) is 100 cm³/mol. The number of halogens is 1. The maximum Gasteiger partial charge on any atom is 0.174 e. The first-order chi connectivity index (χ1) is 10.5. The van der Waals surface area contributed by atoms with Crippen molar-refractivity contribution in [2.45, 2.75) is 20.8 Å². The van der Waals surface area contributed by atoms with E-state index in [1.165, 1.54) is 11.1 Å². The summed E-state index contributed by atoms with van der Waals surface area (Å²) < 4.78 is 12.1. The number of benzene rings is 2. The molecule has 0 aliphatic carbocycles. The van der Waals surface area contributed by atoms with Gasteiger partial charge in [0.15, 0.2) is 11.5 Å². The van der Waals surface area contributed by atoms with Gasteiger partial charge in [0.1, 0.15) is 0 Å². The van der Waals surface area contributed by atoms with Crippen molar-refractivity contribution in [3.05, 3.63) is 50.6 Å². The Balaban J connectivity index is 2.34. The van der Waals surface area contributed by atoms with Gasteiger partial charge in [0, 0.05) is 6.21 Å². The highest BCUT2D eigenvalue weighted by Gasteiger charge is 2.10. The van der Waals surface area contributed by atoms with Gasteiger partial charge in [0.2, 0.25) is 0 Å². The number of rotatable bonds is 5. The normalized spacial score (nSPS) is 11.0. The van der Waals surface area contributed by atoms with Crippen LogP contribution in [0, 0.1) is 17.4 Å². The summed E-state index contributed by atoms with van der Waals surface area (Å²) in [6.07, 6.45) is 1.86. The number of nitrogens with zero attached hydrogens (tertiary/aromatic N) is 1. The topological polar surface area (TPSA) is 30.8 Å². The van der Waals surface area contributed by atoms with Crippen LogP contribution in [-0.4, -0.2) is 19.9 Å². The summed E-state index contributed by atoms with van der Waals surface area (Å²) >= 11 is 2.25. The van der Waals surface area contributed by atoms with Crippen molar-refractivity contribution < 1.29 is 9.47 Å². The minimum atomic E-state index is 0.601. The molecule has 22 heavy (non-hydrogen) atoms. The molecule has 116 valence electrons. The van der Waals surface area contributed by atoms with Crippen LogP contribution in [0.3, 0.4) is 0 Å². The third kappa shape index (κ3) is 4.00. The maximum absolute atomic E-state index is 5.65. The number of ether oxygens (including phenoxy) is 2. The predicted octanol–water partition coefficient (Wildman–Crippen LogP) is 5.07. The van der Waals surface area contributed by atoms with Gasteiger partial charge in [-0.15, -0.1) is 0 Å². The molecule has 0 saturated carbocycles. The van der Waals surface area contributed by atoms with E-state index >= 15 is 0 Å². The van der Waals surface area contributed by atoms with Crippen LogP contribution in [0.1, 0.15) is 23.6 Å². The Morgan fingerprint density at radius 2 is 1.95 bits per heavy atom. The standard InChI is InChI=1S/C18H20INO2/c1-5-22-17-10-14(9-15(19)18(17)21-4)11-20-16-7-6-12(2)8-13(16)3/h6-11H,5H2,1-4H3. The molecule has 0 fully saturated rings. The highest BCUT2D eigenvalue weighted by Crippen LogP contribution is 2.33. The van der Waals surface area contributed by atoms with Gasteiger partial charge in [0.05, 0.1) is 23.0 Å². The molecular formula is C18H20INO2. The second-order valence-electron chi connectivity index (χ2n) is 5.02. The van der Waals surface area contributed by atoms with Gasteiger partial charge in [-0.05, 0) is 72.7 Å². The van der Waals surface area contributed by atoms with E-state index in [9.17, 15) is 0 Å². The lowest BCUT2D eigenvalue weighted by Crippen LogP contribution is -1.98. The van der Waals surface area contributed by atoms with Crippen molar-refractivity contribution in [3.63, 3.8) is 0 Å². The van der Waals surface area contributed by atoms with E-state index < -0.39 is 0 Å². The first-order valence-electron chi connectivity index (χ1n) is 7.16. The molecule has 0 radical (unpaired) electrons. The van der Waals surface area contributed by atoms with Crippen molar-refractivity contribution in [2.75, 3.05) is 13.7 Å². The van der Waals surface area contributed by atoms with Crippen LogP contribution in [0.5, 0.6) is 11.5 Å². The quantitative estimate of drug-likeness (QED) is 0.510. The first-order valence-corrected chi connectivity index (χ1v) is 8.24. The van der Waals surface area contributed by atoms with E-state index in [1.54, 1.807) is 7.11 Å². The molecule has 0 saturated heterocycles. The Hall–Kier alpha value is -1.56. The van der Waals surface area contributed by atoms with Gasteiger partial charge < -0.3 is 9.47 Å². The lowest BCUT2D eigenvalue weighted by molar-refractivity contribution is 0.309. The van der Waals surface area contributed by atoms with Gasteiger partial charge >= 0.3 is 0 Å². The summed E-state index contributed by atoms with van der Waals surface area (Å²) in [6.45, 7) is 6.72. The number of hydrogen-bond donors (Lipinski definition) is 0. The minimum absolute atomic E-state index is 0.601. The van der Waals surface area contributed by atoms with Crippen molar-refractivity contribution in [1.29, 1.82) is 0 Å². The van der Waals surface area contributed by atoms with Crippen LogP contribution < -0.4 is 9.47 Å². The number of aliphatic imine (C=N–C) groups is 1. The number of hydrogen-bond acceptors (Lipinski definition) is 3. The van der Waals surface area contributed by atoms with E-state index in [2.05, 4.69) is 53.6 Å². The zero-order valence-electron chi connectivity index (χ0n) is 13.3. The Morgan fingerprint density at radius 1 is 1.18 bits per heavy atom. The summed E-state index contributed by atoms with van der Waals surface area (Å²) in [6, 6.07) is 10.2. The molecule has 2 aromatic carbocycles. The van der Waals surface area contributed by atoms with Crippen LogP contribution in [0.25, 0.3) is 0 Å². The minimum Gasteiger partial charge on any atom is -0.492 e.